The smallest absolute Gasteiger partial charge is 0.191 e. The van der Waals surface area contributed by atoms with Gasteiger partial charge in [-0.3, -0.25) is 4.90 Å². The molecule has 2 aromatic rings. The molecule has 0 atom stereocenters. The van der Waals surface area contributed by atoms with Crippen LogP contribution < -0.4 is 10.6 Å². The number of unbranched alkanes of at least 4 members (excludes halogenated alkanes) is 1. The molecule has 2 heterocycles. The van der Waals surface area contributed by atoms with Gasteiger partial charge in [-0.1, -0.05) is 24.3 Å². The summed E-state index contributed by atoms with van der Waals surface area (Å²) in [5.41, 5.74) is 2.64. The Morgan fingerprint density at radius 3 is 2.61 bits per heavy atom. The Morgan fingerprint density at radius 1 is 1.13 bits per heavy atom. The zero-order valence-electron chi connectivity index (χ0n) is 18.8. The fourth-order valence-electron chi connectivity index (χ4n) is 3.63. The van der Waals surface area contributed by atoms with Crippen LogP contribution in [-0.4, -0.2) is 59.8 Å². The topological polar surface area (TPSA) is 66.7 Å². The first-order chi connectivity index (χ1) is 14.8. The predicted octanol–water partition coefficient (Wildman–Crippen LogP) is 3.18. The Hall–Kier alpha value is -1.65. The van der Waals surface area contributed by atoms with Crippen LogP contribution in [0.4, 0.5) is 0 Å². The minimum atomic E-state index is 0. The maximum absolute atomic E-state index is 5.47. The molecule has 0 spiro atoms. The van der Waals surface area contributed by atoms with Gasteiger partial charge in [0.2, 0.25) is 0 Å². The molecule has 1 aliphatic rings. The highest BCUT2D eigenvalue weighted by Gasteiger charge is 2.12. The van der Waals surface area contributed by atoms with Crippen LogP contribution in [0, 0.1) is 6.92 Å². The van der Waals surface area contributed by atoms with Gasteiger partial charge in [0.05, 0.1) is 19.8 Å². The van der Waals surface area contributed by atoms with Gasteiger partial charge >= 0.3 is 0 Å². The summed E-state index contributed by atoms with van der Waals surface area (Å²) >= 11 is 0. The third-order valence-corrected chi connectivity index (χ3v) is 5.41. The zero-order valence-corrected chi connectivity index (χ0v) is 21.2. The van der Waals surface area contributed by atoms with Crippen molar-refractivity contribution < 1.29 is 4.74 Å². The van der Waals surface area contributed by atoms with E-state index in [1.54, 1.807) is 0 Å². The van der Waals surface area contributed by atoms with E-state index in [1.807, 2.05) is 19.3 Å². The number of morpholine rings is 1. The molecule has 3 rings (SSSR count). The SMILES string of the molecule is CCNC(=NCc1ccccc1CN1CCOCC1)NCCCCn1ccnc1C.I. The monoisotopic (exact) mass is 540 g/mol. The molecule has 31 heavy (non-hydrogen) atoms. The molecule has 0 radical (unpaired) electrons. The maximum atomic E-state index is 5.47. The van der Waals surface area contributed by atoms with Crippen LogP contribution in [0.3, 0.4) is 0 Å². The summed E-state index contributed by atoms with van der Waals surface area (Å²) in [7, 11) is 0. The minimum Gasteiger partial charge on any atom is -0.379 e. The number of benzene rings is 1. The van der Waals surface area contributed by atoms with Gasteiger partial charge in [-0.25, -0.2) is 9.98 Å². The molecule has 0 aliphatic carbocycles. The van der Waals surface area contributed by atoms with Crippen molar-refractivity contribution in [3.8, 4) is 0 Å². The summed E-state index contributed by atoms with van der Waals surface area (Å²) in [5, 5.41) is 6.84. The fraction of sp³-hybridized carbons (Fsp3) is 0.565. The highest BCUT2D eigenvalue weighted by molar-refractivity contribution is 14.0. The van der Waals surface area contributed by atoms with Crippen LogP contribution >= 0.6 is 24.0 Å². The normalized spacial score (nSPS) is 14.8. The average Bonchev–Trinajstić information content (AvgIpc) is 3.18. The van der Waals surface area contributed by atoms with E-state index >= 15 is 0 Å². The molecule has 1 fully saturated rings. The number of nitrogens with one attached hydrogen (secondary N) is 2. The summed E-state index contributed by atoms with van der Waals surface area (Å²) in [4.78, 5) is 11.6. The Labute approximate surface area is 203 Å². The van der Waals surface area contributed by atoms with Gasteiger partial charge in [-0.05, 0) is 37.8 Å². The molecule has 172 valence electrons. The number of hydrogen-bond donors (Lipinski definition) is 2. The molecule has 1 aromatic heterocycles. The van der Waals surface area contributed by atoms with Crippen molar-refractivity contribution in [1.82, 2.24) is 25.1 Å². The number of halogens is 1. The van der Waals surface area contributed by atoms with Crippen molar-refractivity contribution in [2.24, 2.45) is 4.99 Å². The van der Waals surface area contributed by atoms with Crippen molar-refractivity contribution in [2.45, 2.75) is 46.3 Å². The average molecular weight is 540 g/mol. The van der Waals surface area contributed by atoms with E-state index in [-0.39, 0.29) is 24.0 Å². The van der Waals surface area contributed by atoms with Crippen LogP contribution in [0.15, 0.2) is 41.7 Å². The summed E-state index contributed by atoms with van der Waals surface area (Å²) < 4.78 is 7.67. The predicted molar refractivity (Wildman–Crippen MR) is 137 cm³/mol. The summed E-state index contributed by atoms with van der Waals surface area (Å²) in [6.07, 6.45) is 6.12. The van der Waals surface area contributed by atoms with E-state index in [1.165, 1.54) is 11.1 Å². The van der Waals surface area contributed by atoms with Crippen molar-refractivity contribution in [2.75, 3.05) is 39.4 Å². The van der Waals surface area contributed by atoms with Gasteiger partial charge in [-0.2, -0.15) is 0 Å². The van der Waals surface area contributed by atoms with Gasteiger partial charge < -0.3 is 19.9 Å². The molecule has 8 heteroatoms. The van der Waals surface area contributed by atoms with E-state index in [0.29, 0.717) is 6.54 Å². The van der Waals surface area contributed by atoms with Crippen LogP contribution in [0.2, 0.25) is 0 Å². The molecule has 2 N–H and O–H groups in total. The Kier molecular flexibility index (Phi) is 11.9. The molecule has 0 bridgehead atoms. The molecule has 1 aliphatic heterocycles. The lowest BCUT2D eigenvalue weighted by atomic mass is 10.1. The lowest BCUT2D eigenvalue weighted by Crippen LogP contribution is -2.38. The highest BCUT2D eigenvalue weighted by atomic mass is 127. The molecule has 7 nitrogen and oxygen atoms in total. The number of guanidine groups is 1. The lowest BCUT2D eigenvalue weighted by Gasteiger charge is -2.27. The Bertz CT molecular complexity index is 788. The molecule has 0 amide bonds. The fourth-order valence-corrected chi connectivity index (χ4v) is 3.63. The number of hydrogen-bond acceptors (Lipinski definition) is 4. The molecule has 1 aromatic carbocycles. The number of ether oxygens (including phenoxy) is 1. The molecule has 0 unspecified atom stereocenters. The van der Waals surface area contributed by atoms with E-state index in [2.05, 4.69) is 56.3 Å². The van der Waals surface area contributed by atoms with Gasteiger partial charge in [0, 0.05) is 51.7 Å². The summed E-state index contributed by atoms with van der Waals surface area (Å²) in [5.74, 6) is 1.96. The maximum Gasteiger partial charge on any atom is 0.191 e. The van der Waals surface area contributed by atoms with Crippen molar-refractivity contribution >= 4 is 29.9 Å². The molecular formula is C23H37IN6O. The van der Waals surface area contributed by atoms with Crippen LogP contribution in [0.25, 0.3) is 0 Å². The van der Waals surface area contributed by atoms with Crippen LogP contribution in [-0.2, 0) is 24.4 Å². The first-order valence-corrected chi connectivity index (χ1v) is 11.1. The lowest BCUT2D eigenvalue weighted by molar-refractivity contribution is 0.0341. The Morgan fingerprint density at radius 2 is 1.90 bits per heavy atom. The van der Waals surface area contributed by atoms with E-state index in [9.17, 15) is 0 Å². The number of nitrogens with zero attached hydrogens (tertiary/aromatic N) is 4. The third kappa shape index (κ3) is 8.78. The second kappa shape index (κ2) is 14.4. The van der Waals surface area contributed by atoms with Crippen LogP contribution in [0.1, 0.15) is 36.7 Å². The molecule has 0 saturated carbocycles. The largest absolute Gasteiger partial charge is 0.379 e. The quantitative estimate of drug-likeness (QED) is 0.210. The summed E-state index contributed by atoms with van der Waals surface area (Å²) in [6.45, 7) is 12.2. The number of rotatable bonds is 10. The second-order valence-corrected chi connectivity index (χ2v) is 7.65. The zero-order chi connectivity index (χ0) is 21.0. The van der Waals surface area contributed by atoms with Crippen molar-refractivity contribution in [3.63, 3.8) is 0 Å². The molecule has 1 saturated heterocycles. The van der Waals surface area contributed by atoms with E-state index in [4.69, 9.17) is 9.73 Å². The Balaban J connectivity index is 0.00000341. The third-order valence-electron chi connectivity index (χ3n) is 5.41. The first kappa shape index (κ1) is 25.6. The summed E-state index contributed by atoms with van der Waals surface area (Å²) in [6, 6.07) is 8.63. The second-order valence-electron chi connectivity index (χ2n) is 7.65. The standard InChI is InChI=1S/C23H36N6O.HI/c1-3-24-23(26-10-6-7-12-29-13-11-25-20(29)2)27-18-21-8-4-5-9-22(21)19-28-14-16-30-17-15-28;/h4-5,8-9,11,13H,3,6-7,10,12,14-19H2,1-2H3,(H2,24,26,27);1H. The van der Waals surface area contributed by atoms with Crippen LogP contribution in [0.5, 0.6) is 0 Å². The molecular weight excluding hydrogens is 503 g/mol. The number of aromatic nitrogens is 2. The van der Waals surface area contributed by atoms with Gasteiger partial charge in [-0.15, -0.1) is 24.0 Å². The highest BCUT2D eigenvalue weighted by Crippen LogP contribution is 2.14. The van der Waals surface area contributed by atoms with E-state index in [0.717, 1.165) is 77.1 Å². The number of aryl methyl sites for hydroxylation is 2. The van der Waals surface area contributed by atoms with Gasteiger partial charge in [0.25, 0.3) is 0 Å². The first-order valence-electron chi connectivity index (χ1n) is 11.1. The van der Waals surface area contributed by atoms with Crippen molar-refractivity contribution in [1.29, 1.82) is 0 Å². The van der Waals surface area contributed by atoms with Gasteiger partial charge in [0.1, 0.15) is 5.82 Å². The van der Waals surface area contributed by atoms with Crippen molar-refractivity contribution in [3.05, 3.63) is 53.6 Å². The minimum absolute atomic E-state index is 0. The number of imidazole rings is 1. The number of aliphatic imine (C=N–C) groups is 1. The van der Waals surface area contributed by atoms with E-state index < -0.39 is 0 Å². The van der Waals surface area contributed by atoms with Gasteiger partial charge in [0.15, 0.2) is 5.96 Å².